The maximum atomic E-state index is 8.75. The molecule has 1 aromatic carbocycles. The first-order valence-corrected chi connectivity index (χ1v) is 4.70. The Morgan fingerprint density at radius 3 is 2.54 bits per heavy atom. The highest BCUT2D eigenvalue weighted by Crippen LogP contribution is 2.25. The minimum absolute atomic E-state index is 0.115. The molecule has 1 heterocycles. The van der Waals surface area contributed by atoms with E-state index in [-0.39, 0.29) is 12.7 Å². The Balaban J connectivity index is 1.75. The number of hydrogen-bond acceptors (Lipinski definition) is 2. The van der Waals surface area contributed by atoms with E-state index >= 15 is 0 Å². The van der Waals surface area contributed by atoms with Gasteiger partial charge in [-0.05, 0) is 18.4 Å². The topological polar surface area (TPSA) is 32.8 Å². The van der Waals surface area contributed by atoms with Gasteiger partial charge in [0.05, 0.1) is 12.7 Å². The van der Waals surface area contributed by atoms with E-state index in [2.05, 4.69) is 12.1 Å². The van der Waals surface area contributed by atoms with Crippen molar-refractivity contribution < 1.29 is 9.84 Å². The monoisotopic (exact) mass is 178 g/mol. The van der Waals surface area contributed by atoms with E-state index < -0.39 is 0 Å². The van der Waals surface area contributed by atoms with Crippen molar-refractivity contribution in [3.05, 3.63) is 35.9 Å². The molecule has 0 amide bonds. The van der Waals surface area contributed by atoms with Crippen LogP contribution >= 0.6 is 0 Å². The normalized spacial score (nSPS) is 25.9. The molecule has 13 heavy (non-hydrogen) atoms. The molecule has 2 rings (SSSR count). The molecule has 0 spiro atoms. The summed E-state index contributed by atoms with van der Waals surface area (Å²) >= 11 is 0. The summed E-state index contributed by atoms with van der Waals surface area (Å²) in [7, 11) is 0. The lowest BCUT2D eigenvalue weighted by atomic mass is 10.1. The van der Waals surface area contributed by atoms with Crippen LogP contribution in [0, 0.1) is 0 Å². The van der Waals surface area contributed by atoms with Crippen LogP contribution in [0.3, 0.4) is 0 Å². The van der Waals surface area contributed by atoms with Crippen molar-refractivity contribution in [3.8, 4) is 0 Å². The maximum absolute atomic E-state index is 8.75. The second kappa shape index (κ2) is 3.90. The van der Waals surface area contributed by atoms with Gasteiger partial charge >= 0.3 is 0 Å². The van der Waals surface area contributed by atoms with Crippen LogP contribution in [0.4, 0.5) is 0 Å². The zero-order chi connectivity index (χ0) is 9.10. The fourth-order valence-corrected chi connectivity index (χ4v) is 1.55. The van der Waals surface area contributed by atoms with Gasteiger partial charge in [0.1, 0.15) is 6.10 Å². The largest absolute Gasteiger partial charge is 0.394 e. The summed E-state index contributed by atoms with van der Waals surface area (Å²) in [5.74, 6) is 0. The van der Waals surface area contributed by atoms with Crippen LogP contribution in [0.1, 0.15) is 12.0 Å². The van der Waals surface area contributed by atoms with Crippen molar-refractivity contribution in [2.75, 3.05) is 6.61 Å². The Labute approximate surface area is 78.2 Å². The Morgan fingerprint density at radius 2 is 1.92 bits per heavy atom. The fourth-order valence-electron chi connectivity index (χ4n) is 1.55. The van der Waals surface area contributed by atoms with E-state index in [0.717, 1.165) is 12.8 Å². The summed E-state index contributed by atoms with van der Waals surface area (Å²) in [4.78, 5) is 0. The third-order valence-corrected chi connectivity index (χ3v) is 2.43. The van der Waals surface area contributed by atoms with Crippen LogP contribution in [0.25, 0.3) is 0 Å². The number of aliphatic hydroxyl groups excluding tert-OH is 1. The quantitative estimate of drug-likeness (QED) is 0.706. The van der Waals surface area contributed by atoms with E-state index in [1.807, 2.05) is 18.2 Å². The van der Waals surface area contributed by atoms with Crippen LogP contribution in [-0.2, 0) is 11.2 Å². The van der Waals surface area contributed by atoms with Crippen molar-refractivity contribution in [1.29, 1.82) is 0 Å². The first-order chi connectivity index (χ1) is 6.40. The SMILES string of the molecule is OCC1O[C@@H]1CCc1ccccc1. The predicted octanol–water partition coefficient (Wildman–Crippen LogP) is 1.38. The van der Waals surface area contributed by atoms with Crippen LogP contribution in [0.5, 0.6) is 0 Å². The van der Waals surface area contributed by atoms with E-state index in [4.69, 9.17) is 9.84 Å². The number of aliphatic hydroxyl groups is 1. The predicted molar refractivity (Wildman–Crippen MR) is 50.5 cm³/mol. The Bertz CT molecular complexity index is 258. The molecule has 2 atom stereocenters. The first kappa shape index (κ1) is 8.73. The molecule has 1 saturated heterocycles. The third-order valence-electron chi connectivity index (χ3n) is 2.43. The van der Waals surface area contributed by atoms with Crippen LogP contribution in [0.2, 0.25) is 0 Å². The molecular weight excluding hydrogens is 164 g/mol. The fraction of sp³-hybridized carbons (Fsp3) is 0.455. The summed E-state index contributed by atoms with van der Waals surface area (Å²) in [6, 6.07) is 10.4. The molecule has 0 aromatic heterocycles. The van der Waals surface area contributed by atoms with Gasteiger partial charge in [-0.25, -0.2) is 0 Å². The summed E-state index contributed by atoms with van der Waals surface area (Å²) in [6.07, 6.45) is 2.48. The molecule has 1 aromatic rings. The van der Waals surface area contributed by atoms with Gasteiger partial charge in [-0.2, -0.15) is 0 Å². The molecule has 2 nitrogen and oxygen atoms in total. The molecule has 1 fully saturated rings. The number of rotatable bonds is 4. The Morgan fingerprint density at radius 1 is 1.15 bits per heavy atom. The second-order valence-electron chi connectivity index (χ2n) is 3.42. The number of ether oxygens (including phenoxy) is 1. The van der Waals surface area contributed by atoms with Gasteiger partial charge in [-0.3, -0.25) is 0 Å². The lowest BCUT2D eigenvalue weighted by Gasteiger charge is -1.97. The van der Waals surface area contributed by atoms with Crippen molar-refractivity contribution in [1.82, 2.24) is 0 Å². The lowest BCUT2D eigenvalue weighted by Crippen LogP contribution is -2.00. The van der Waals surface area contributed by atoms with Crippen molar-refractivity contribution in [3.63, 3.8) is 0 Å². The van der Waals surface area contributed by atoms with Gasteiger partial charge in [0.15, 0.2) is 0 Å². The van der Waals surface area contributed by atoms with Crippen molar-refractivity contribution >= 4 is 0 Å². The van der Waals surface area contributed by atoms with Gasteiger partial charge in [0.25, 0.3) is 0 Å². The number of epoxide rings is 1. The molecule has 0 aliphatic carbocycles. The molecule has 1 aliphatic rings. The average molecular weight is 178 g/mol. The zero-order valence-electron chi connectivity index (χ0n) is 7.52. The molecule has 1 unspecified atom stereocenters. The van der Waals surface area contributed by atoms with Gasteiger partial charge in [0.2, 0.25) is 0 Å². The first-order valence-electron chi connectivity index (χ1n) is 4.70. The second-order valence-corrected chi connectivity index (χ2v) is 3.42. The number of hydrogen-bond donors (Lipinski definition) is 1. The molecule has 0 radical (unpaired) electrons. The van der Waals surface area contributed by atoms with E-state index in [1.165, 1.54) is 5.56 Å². The van der Waals surface area contributed by atoms with E-state index in [0.29, 0.717) is 6.10 Å². The molecule has 0 bridgehead atoms. The third kappa shape index (κ3) is 2.29. The lowest BCUT2D eigenvalue weighted by molar-refractivity contribution is 0.241. The summed E-state index contributed by atoms with van der Waals surface area (Å²) in [5, 5.41) is 8.75. The Hall–Kier alpha value is -0.860. The van der Waals surface area contributed by atoms with E-state index in [1.54, 1.807) is 0 Å². The van der Waals surface area contributed by atoms with E-state index in [9.17, 15) is 0 Å². The maximum Gasteiger partial charge on any atom is 0.107 e. The van der Waals surface area contributed by atoms with Gasteiger partial charge in [0, 0.05) is 0 Å². The average Bonchev–Trinajstić information content (AvgIpc) is 2.95. The highest BCUT2D eigenvalue weighted by molar-refractivity contribution is 5.15. The minimum Gasteiger partial charge on any atom is -0.394 e. The van der Waals surface area contributed by atoms with Gasteiger partial charge in [-0.15, -0.1) is 0 Å². The van der Waals surface area contributed by atoms with Gasteiger partial charge in [-0.1, -0.05) is 30.3 Å². The number of aryl methyl sites for hydroxylation is 1. The van der Waals surface area contributed by atoms with Crippen LogP contribution in [-0.4, -0.2) is 23.9 Å². The zero-order valence-corrected chi connectivity index (χ0v) is 7.52. The molecule has 1 N–H and O–H groups in total. The van der Waals surface area contributed by atoms with Crippen molar-refractivity contribution in [2.45, 2.75) is 25.0 Å². The molecule has 70 valence electrons. The summed E-state index contributed by atoms with van der Waals surface area (Å²) < 4.78 is 5.24. The number of benzene rings is 1. The highest BCUT2D eigenvalue weighted by atomic mass is 16.6. The van der Waals surface area contributed by atoms with Gasteiger partial charge < -0.3 is 9.84 Å². The Kier molecular flexibility index (Phi) is 2.62. The molecular formula is C11H14O2. The molecule has 1 aliphatic heterocycles. The smallest absolute Gasteiger partial charge is 0.107 e. The minimum atomic E-state index is 0.115. The molecule has 0 saturated carbocycles. The highest BCUT2D eigenvalue weighted by Gasteiger charge is 2.37. The molecule has 2 heteroatoms. The summed E-state index contributed by atoms with van der Waals surface area (Å²) in [5.41, 5.74) is 1.34. The standard InChI is InChI=1S/C11H14O2/c12-8-11-10(13-11)7-6-9-4-2-1-3-5-9/h1-5,10-12H,6-8H2/t10-,11?/m1/s1. The van der Waals surface area contributed by atoms with Crippen LogP contribution < -0.4 is 0 Å². The van der Waals surface area contributed by atoms with Crippen LogP contribution in [0.15, 0.2) is 30.3 Å². The van der Waals surface area contributed by atoms with Crippen molar-refractivity contribution in [2.24, 2.45) is 0 Å². The summed E-state index contributed by atoms with van der Waals surface area (Å²) in [6.45, 7) is 0.166.